The topological polar surface area (TPSA) is 42.0 Å². The van der Waals surface area contributed by atoms with E-state index < -0.39 is 6.29 Å². The van der Waals surface area contributed by atoms with Crippen molar-refractivity contribution in [3.63, 3.8) is 0 Å². The molecule has 0 aromatic heterocycles. The van der Waals surface area contributed by atoms with Crippen molar-refractivity contribution in [1.82, 2.24) is 0 Å². The Labute approximate surface area is 108 Å². The first-order chi connectivity index (χ1) is 8.48. The fraction of sp³-hybridized carbons (Fsp3) is 0.867. The molecule has 7 unspecified atom stereocenters. The average Bonchev–Trinajstić information content (AvgIpc) is 2.65. The lowest BCUT2D eigenvalue weighted by molar-refractivity contribution is -0.120. The third-order valence-electron chi connectivity index (χ3n) is 6.11. The summed E-state index contributed by atoms with van der Waals surface area (Å²) >= 11 is 0. The van der Waals surface area contributed by atoms with Crippen molar-refractivity contribution in [2.24, 2.45) is 17.8 Å². The largest absolute Gasteiger partial charge is 0.368 e. The van der Waals surface area contributed by atoms with Gasteiger partial charge in [0.1, 0.15) is 5.60 Å². The summed E-state index contributed by atoms with van der Waals surface area (Å²) < 4.78 is 12.1. The van der Waals surface area contributed by atoms with Gasteiger partial charge in [-0.05, 0) is 39.0 Å². The van der Waals surface area contributed by atoms with Crippen LogP contribution in [0.5, 0.6) is 0 Å². The van der Waals surface area contributed by atoms with Crippen LogP contribution in [0, 0.1) is 17.8 Å². The van der Waals surface area contributed by atoms with E-state index in [1.165, 1.54) is 5.57 Å². The number of rotatable bonds is 0. The van der Waals surface area contributed by atoms with E-state index in [0.717, 1.165) is 19.3 Å². The van der Waals surface area contributed by atoms with E-state index in [1.807, 2.05) is 0 Å². The van der Waals surface area contributed by atoms with E-state index >= 15 is 0 Å². The molecule has 100 valence electrons. The molecule has 1 saturated carbocycles. The van der Waals surface area contributed by atoms with Crippen molar-refractivity contribution in [3.8, 4) is 0 Å². The second-order valence-corrected chi connectivity index (χ2v) is 6.91. The second kappa shape index (κ2) is 3.20. The van der Waals surface area contributed by atoms with Crippen LogP contribution in [0.2, 0.25) is 0 Å². The van der Waals surface area contributed by atoms with Gasteiger partial charge in [-0.25, -0.2) is 0 Å². The molecular weight excluding hydrogens is 228 g/mol. The van der Waals surface area contributed by atoms with Gasteiger partial charge in [-0.3, -0.25) is 0 Å². The normalized spacial score (nSPS) is 61.6. The molecule has 2 saturated heterocycles. The Morgan fingerprint density at radius 1 is 1.44 bits per heavy atom. The first kappa shape index (κ1) is 11.4. The Hall–Kier alpha value is -0.380. The van der Waals surface area contributed by atoms with E-state index in [1.54, 1.807) is 0 Å². The fourth-order valence-corrected chi connectivity index (χ4v) is 4.84. The number of aliphatic hydroxyl groups is 1. The van der Waals surface area contributed by atoms with Gasteiger partial charge in [0.25, 0.3) is 0 Å². The SMILES string of the molecule is CC1=CCC23OC2(C)CCC2C(C)C(O)OC2C13. The fourth-order valence-electron chi connectivity index (χ4n) is 4.84. The predicted octanol–water partition coefficient (Wildman–Crippen LogP) is 2.24. The number of epoxide rings is 1. The van der Waals surface area contributed by atoms with Crippen LogP contribution in [0.1, 0.15) is 40.0 Å². The van der Waals surface area contributed by atoms with E-state index in [-0.39, 0.29) is 23.2 Å². The number of ether oxygens (including phenoxy) is 2. The van der Waals surface area contributed by atoms with Crippen molar-refractivity contribution in [2.45, 2.75) is 63.6 Å². The van der Waals surface area contributed by atoms with E-state index in [9.17, 15) is 5.11 Å². The highest BCUT2D eigenvalue weighted by molar-refractivity contribution is 5.35. The Kier molecular flexibility index (Phi) is 2.03. The molecule has 3 nitrogen and oxygen atoms in total. The highest BCUT2D eigenvalue weighted by atomic mass is 16.6. The van der Waals surface area contributed by atoms with Crippen molar-refractivity contribution in [3.05, 3.63) is 11.6 Å². The lowest BCUT2D eigenvalue weighted by atomic mass is 9.77. The summed E-state index contributed by atoms with van der Waals surface area (Å²) in [5.74, 6) is 1.09. The summed E-state index contributed by atoms with van der Waals surface area (Å²) in [6, 6.07) is 0. The maximum absolute atomic E-state index is 10.0. The van der Waals surface area contributed by atoms with Crippen molar-refractivity contribution in [2.75, 3.05) is 0 Å². The van der Waals surface area contributed by atoms with Gasteiger partial charge in [0, 0.05) is 11.8 Å². The smallest absolute Gasteiger partial charge is 0.157 e. The number of aliphatic hydroxyl groups excluding tert-OH is 1. The molecule has 0 aromatic rings. The minimum Gasteiger partial charge on any atom is -0.368 e. The molecule has 4 rings (SSSR count). The van der Waals surface area contributed by atoms with Crippen LogP contribution in [0.3, 0.4) is 0 Å². The molecule has 4 aliphatic rings. The maximum atomic E-state index is 10.0. The maximum Gasteiger partial charge on any atom is 0.157 e. The van der Waals surface area contributed by atoms with Gasteiger partial charge in [-0.2, -0.15) is 0 Å². The lowest BCUT2D eigenvalue weighted by Crippen LogP contribution is -2.37. The van der Waals surface area contributed by atoms with Gasteiger partial charge in [0.05, 0.1) is 11.7 Å². The Balaban J connectivity index is 1.76. The van der Waals surface area contributed by atoms with Gasteiger partial charge in [-0.15, -0.1) is 0 Å². The molecule has 2 aliphatic heterocycles. The van der Waals surface area contributed by atoms with Crippen molar-refractivity contribution >= 4 is 0 Å². The quantitative estimate of drug-likeness (QED) is 0.529. The van der Waals surface area contributed by atoms with Crippen LogP contribution >= 0.6 is 0 Å². The average molecular weight is 250 g/mol. The van der Waals surface area contributed by atoms with Crippen LogP contribution in [-0.2, 0) is 9.47 Å². The summed E-state index contributed by atoms with van der Waals surface area (Å²) in [6.07, 6.45) is 5.12. The first-order valence-corrected chi connectivity index (χ1v) is 7.19. The number of hydrogen-bond acceptors (Lipinski definition) is 3. The third kappa shape index (κ3) is 1.12. The molecule has 3 fully saturated rings. The molecule has 18 heavy (non-hydrogen) atoms. The van der Waals surface area contributed by atoms with Gasteiger partial charge in [0.2, 0.25) is 0 Å². The standard InChI is InChI=1S/C15H22O3/c1-8-4-7-15-11(8)12-10(9(2)13(16)17-12)5-6-14(15,3)18-15/h4,9-13,16H,5-7H2,1-3H3. The Morgan fingerprint density at radius 3 is 3.00 bits per heavy atom. The Bertz CT molecular complexity index is 431. The molecule has 2 heterocycles. The highest BCUT2D eigenvalue weighted by Gasteiger charge is 2.75. The molecule has 7 atom stereocenters. The zero-order chi connectivity index (χ0) is 12.7. The van der Waals surface area contributed by atoms with E-state index in [0.29, 0.717) is 11.8 Å². The summed E-state index contributed by atoms with van der Waals surface area (Å²) in [5, 5.41) is 10.0. The summed E-state index contributed by atoms with van der Waals surface area (Å²) in [5.41, 5.74) is 1.43. The first-order valence-electron chi connectivity index (χ1n) is 7.19. The summed E-state index contributed by atoms with van der Waals surface area (Å²) in [6.45, 7) is 6.58. The summed E-state index contributed by atoms with van der Waals surface area (Å²) in [7, 11) is 0. The predicted molar refractivity (Wildman–Crippen MR) is 66.9 cm³/mol. The monoisotopic (exact) mass is 250 g/mol. The molecule has 0 bridgehead atoms. The van der Waals surface area contributed by atoms with Crippen LogP contribution in [0.25, 0.3) is 0 Å². The zero-order valence-electron chi connectivity index (χ0n) is 11.3. The number of fused-ring (bicyclic) bond motifs is 2. The minimum absolute atomic E-state index is 0.0136. The Morgan fingerprint density at radius 2 is 2.22 bits per heavy atom. The highest BCUT2D eigenvalue weighted by Crippen LogP contribution is 2.67. The van der Waals surface area contributed by atoms with Crippen LogP contribution in [0.4, 0.5) is 0 Å². The van der Waals surface area contributed by atoms with E-state index in [4.69, 9.17) is 9.47 Å². The second-order valence-electron chi connectivity index (χ2n) is 6.91. The van der Waals surface area contributed by atoms with Gasteiger partial charge in [-0.1, -0.05) is 18.6 Å². The van der Waals surface area contributed by atoms with Crippen LogP contribution in [0.15, 0.2) is 11.6 Å². The van der Waals surface area contributed by atoms with Gasteiger partial charge in [0.15, 0.2) is 6.29 Å². The van der Waals surface area contributed by atoms with Crippen LogP contribution < -0.4 is 0 Å². The molecular formula is C15H22O3. The van der Waals surface area contributed by atoms with Crippen LogP contribution in [-0.4, -0.2) is 28.7 Å². The molecule has 2 aliphatic carbocycles. The lowest BCUT2D eigenvalue weighted by Gasteiger charge is -2.28. The molecule has 1 spiro atoms. The molecule has 3 heteroatoms. The molecule has 0 amide bonds. The minimum atomic E-state index is -0.589. The van der Waals surface area contributed by atoms with Crippen molar-refractivity contribution in [1.29, 1.82) is 0 Å². The van der Waals surface area contributed by atoms with Crippen molar-refractivity contribution < 1.29 is 14.6 Å². The summed E-state index contributed by atoms with van der Waals surface area (Å²) in [4.78, 5) is 0. The zero-order valence-corrected chi connectivity index (χ0v) is 11.3. The molecule has 0 radical (unpaired) electrons. The molecule has 1 N–H and O–H groups in total. The number of hydrogen-bond donors (Lipinski definition) is 1. The van der Waals surface area contributed by atoms with Gasteiger partial charge < -0.3 is 14.6 Å². The van der Waals surface area contributed by atoms with Gasteiger partial charge >= 0.3 is 0 Å². The van der Waals surface area contributed by atoms with E-state index in [2.05, 4.69) is 26.8 Å². The third-order valence-corrected chi connectivity index (χ3v) is 6.11. The molecule has 0 aromatic carbocycles.